The molecular weight excluding hydrogens is 599 g/mol. The number of hydrazine groups is 1. The Hall–Kier alpha value is -4.84. The molecule has 1 unspecified atom stereocenters. The number of nitrogens with two attached hydrogens (primary N) is 1. The van der Waals surface area contributed by atoms with Gasteiger partial charge in [0.25, 0.3) is 0 Å². The normalized spacial score (nSPS) is 12.2. The first-order valence-electron chi connectivity index (χ1n) is 14.9. The lowest BCUT2D eigenvalue weighted by molar-refractivity contribution is -0.170. The third-order valence-electron chi connectivity index (χ3n) is 7.08. The molecule has 0 saturated heterocycles. The predicted molar refractivity (Wildman–Crippen MR) is 171 cm³/mol. The number of aromatic nitrogens is 1. The molecular formula is C34H38F3N5O4. The van der Waals surface area contributed by atoms with E-state index in [1.54, 1.807) is 48.8 Å². The zero-order valence-corrected chi connectivity index (χ0v) is 26.3. The van der Waals surface area contributed by atoms with Gasteiger partial charge in [0, 0.05) is 36.1 Å². The van der Waals surface area contributed by atoms with Gasteiger partial charge in [0.15, 0.2) is 11.5 Å². The third kappa shape index (κ3) is 7.86. The minimum atomic E-state index is -5.08. The number of rotatable bonds is 12. The Morgan fingerprint density at radius 1 is 0.957 bits per heavy atom. The van der Waals surface area contributed by atoms with Gasteiger partial charge in [-0.25, -0.2) is 5.84 Å². The summed E-state index contributed by atoms with van der Waals surface area (Å²) in [5.41, 5.74) is 1.37. The molecule has 9 nitrogen and oxygen atoms in total. The van der Waals surface area contributed by atoms with Crippen LogP contribution in [0, 0.1) is 0 Å². The first kappa shape index (κ1) is 34.0. The maximum absolute atomic E-state index is 14.1. The highest BCUT2D eigenvalue weighted by Gasteiger charge is 2.44. The average molecular weight is 638 g/mol. The fourth-order valence-corrected chi connectivity index (χ4v) is 5.07. The van der Waals surface area contributed by atoms with Crippen molar-refractivity contribution in [1.29, 1.82) is 0 Å². The van der Waals surface area contributed by atoms with Crippen molar-refractivity contribution in [3.63, 3.8) is 0 Å². The van der Waals surface area contributed by atoms with E-state index < -0.39 is 30.1 Å². The molecule has 1 atom stereocenters. The number of carbonyl (C=O) groups is 2. The van der Waals surface area contributed by atoms with Crippen LogP contribution in [0.3, 0.4) is 0 Å². The number of nitrogens with zero attached hydrogens (tertiary/aromatic N) is 3. The van der Waals surface area contributed by atoms with Gasteiger partial charge >= 0.3 is 12.1 Å². The number of fused-ring (bicyclic) bond motifs is 1. The fraction of sp³-hybridized carbons (Fsp3) is 0.324. The number of hydrogen-bond acceptors (Lipinski definition) is 7. The molecule has 4 rings (SSSR count). The summed E-state index contributed by atoms with van der Waals surface area (Å²) in [6.45, 7) is 8.75. The summed E-state index contributed by atoms with van der Waals surface area (Å²) in [5.74, 6) is 5.08. The molecule has 0 aliphatic carbocycles. The SMILES string of the molecule is CCOc1cc(C(C(=O)NCc2ccccc2N(C(=O)C(F)(F)F)C(C)C)N(N)c2ccc3cnccc3c2)ccc1OC(C)C. The zero-order chi connectivity index (χ0) is 33.6. The van der Waals surface area contributed by atoms with E-state index in [9.17, 15) is 22.8 Å². The fourth-order valence-electron chi connectivity index (χ4n) is 5.07. The van der Waals surface area contributed by atoms with Crippen LogP contribution in [-0.2, 0) is 16.1 Å². The number of nitrogens with one attached hydrogen (secondary N) is 1. The quantitative estimate of drug-likeness (QED) is 0.136. The second-order valence-corrected chi connectivity index (χ2v) is 11.1. The van der Waals surface area contributed by atoms with Crippen LogP contribution in [0.15, 0.2) is 79.1 Å². The first-order chi connectivity index (χ1) is 21.8. The molecule has 4 aromatic rings. The van der Waals surface area contributed by atoms with Crippen molar-refractivity contribution in [2.75, 3.05) is 16.5 Å². The molecule has 0 spiro atoms. The third-order valence-corrected chi connectivity index (χ3v) is 7.08. The van der Waals surface area contributed by atoms with E-state index in [1.165, 1.54) is 31.0 Å². The number of ether oxygens (including phenoxy) is 2. The maximum Gasteiger partial charge on any atom is 0.471 e. The number of pyridine rings is 1. The minimum Gasteiger partial charge on any atom is -0.490 e. The van der Waals surface area contributed by atoms with Crippen molar-refractivity contribution < 1.29 is 32.2 Å². The van der Waals surface area contributed by atoms with Crippen LogP contribution in [0.4, 0.5) is 24.5 Å². The van der Waals surface area contributed by atoms with Crippen LogP contribution in [0.5, 0.6) is 11.5 Å². The molecule has 0 bridgehead atoms. The second kappa shape index (κ2) is 14.5. The molecule has 0 aliphatic heterocycles. The van der Waals surface area contributed by atoms with Crippen molar-refractivity contribution in [3.8, 4) is 11.5 Å². The molecule has 0 saturated carbocycles. The largest absolute Gasteiger partial charge is 0.490 e. The van der Waals surface area contributed by atoms with E-state index in [1.807, 2.05) is 39.0 Å². The number of hydrogen-bond donors (Lipinski definition) is 2. The van der Waals surface area contributed by atoms with Gasteiger partial charge < -0.3 is 19.7 Å². The van der Waals surface area contributed by atoms with Gasteiger partial charge in [0.1, 0.15) is 6.04 Å². The number of halogens is 3. The summed E-state index contributed by atoms with van der Waals surface area (Å²) in [7, 11) is 0. The van der Waals surface area contributed by atoms with Gasteiger partial charge in [-0.05, 0) is 87.5 Å². The summed E-state index contributed by atoms with van der Waals surface area (Å²) >= 11 is 0. The molecule has 3 aromatic carbocycles. The smallest absolute Gasteiger partial charge is 0.471 e. The Morgan fingerprint density at radius 3 is 2.37 bits per heavy atom. The van der Waals surface area contributed by atoms with Gasteiger partial charge in [0.05, 0.1) is 18.4 Å². The molecule has 1 aromatic heterocycles. The van der Waals surface area contributed by atoms with Crippen LogP contribution in [0.1, 0.15) is 51.8 Å². The molecule has 2 amide bonds. The van der Waals surface area contributed by atoms with Crippen LogP contribution in [0.25, 0.3) is 10.8 Å². The number of para-hydroxylation sites is 1. The lowest BCUT2D eigenvalue weighted by Crippen LogP contribution is -2.46. The highest BCUT2D eigenvalue weighted by molar-refractivity contribution is 5.98. The lowest BCUT2D eigenvalue weighted by Gasteiger charge is -2.31. The summed E-state index contributed by atoms with van der Waals surface area (Å²) in [5, 5.41) is 5.90. The van der Waals surface area contributed by atoms with Crippen molar-refractivity contribution in [3.05, 3.63) is 90.3 Å². The predicted octanol–water partition coefficient (Wildman–Crippen LogP) is 6.46. The van der Waals surface area contributed by atoms with Crippen molar-refractivity contribution in [2.24, 2.45) is 5.84 Å². The highest BCUT2D eigenvalue weighted by atomic mass is 19.4. The Balaban J connectivity index is 1.73. The topological polar surface area (TPSA) is 110 Å². The monoisotopic (exact) mass is 637 g/mol. The van der Waals surface area contributed by atoms with E-state index in [-0.39, 0.29) is 18.3 Å². The van der Waals surface area contributed by atoms with Crippen molar-refractivity contribution in [1.82, 2.24) is 10.3 Å². The van der Waals surface area contributed by atoms with Gasteiger partial charge in [0.2, 0.25) is 5.91 Å². The number of amides is 2. The molecule has 244 valence electrons. The van der Waals surface area contributed by atoms with Crippen LogP contribution < -0.4 is 30.5 Å². The molecule has 46 heavy (non-hydrogen) atoms. The molecule has 0 fully saturated rings. The summed E-state index contributed by atoms with van der Waals surface area (Å²) in [6.07, 6.45) is -1.84. The Kier molecular flexibility index (Phi) is 10.7. The van der Waals surface area contributed by atoms with E-state index in [2.05, 4.69) is 10.3 Å². The van der Waals surface area contributed by atoms with Crippen LogP contribution >= 0.6 is 0 Å². The minimum absolute atomic E-state index is 0.0400. The standard InChI is InChI=1S/C34H38F3N5O4/c1-6-45-30-18-24(12-14-29(30)46-22(4)5)31(42(38)27-13-11-25-19-39-16-15-23(25)17-27)32(43)40-20-26-9-7-8-10-28(26)41(21(2)3)33(44)34(35,36)37/h7-19,21-22,31H,6,20,38H2,1-5H3,(H,40,43). The number of benzene rings is 3. The summed E-state index contributed by atoms with van der Waals surface area (Å²) in [6, 6.07) is 16.6. The first-order valence-corrected chi connectivity index (χ1v) is 14.9. The Bertz CT molecular complexity index is 1680. The van der Waals surface area contributed by atoms with E-state index in [0.717, 1.165) is 10.8 Å². The van der Waals surface area contributed by atoms with Gasteiger partial charge in [-0.2, -0.15) is 13.2 Å². The maximum atomic E-state index is 14.1. The molecule has 3 N–H and O–H groups in total. The van der Waals surface area contributed by atoms with Crippen LogP contribution in [-0.4, -0.2) is 41.7 Å². The zero-order valence-electron chi connectivity index (χ0n) is 26.3. The van der Waals surface area contributed by atoms with E-state index >= 15 is 0 Å². The van der Waals surface area contributed by atoms with E-state index in [4.69, 9.17) is 15.3 Å². The van der Waals surface area contributed by atoms with E-state index in [0.29, 0.717) is 39.8 Å². The second-order valence-electron chi connectivity index (χ2n) is 11.1. The van der Waals surface area contributed by atoms with Crippen molar-refractivity contribution >= 4 is 34.0 Å². The number of carbonyl (C=O) groups excluding carboxylic acids is 2. The lowest BCUT2D eigenvalue weighted by atomic mass is 10.0. The Labute approximate surface area is 266 Å². The molecule has 0 aliphatic rings. The number of anilines is 2. The highest BCUT2D eigenvalue weighted by Crippen LogP contribution is 2.35. The van der Waals surface area contributed by atoms with Crippen LogP contribution in [0.2, 0.25) is 0 Å². The molecule has 0 radical (unpaired) electrons. The summed E-state index contributed by atoms with van der Waals surface area (Å²) in [4.78, 5) is 31.3. The van der Waals surface area contributed by atoms with Gasteiger partial charge in [-0.3, -0.25) is 19.6 Å². The molecule has 1 heterocycles. The van der Waals surface area contributed by atoms with Gasteiger partial charge in [-0.15, -0.1) is 0 Å². The number of alkyl halides is 3. The Morgan fingerprint density at radius 2 is 1.70 bits per heavy atom. The van der Waals surface area contributed by atoms with Crippen molar-refractivity contribution in [2.45, 2.75) is 65.5 Å². The average Bonchev–Trinajstić information content (AvgIpc) is 3.01. The summed E-state index contributed by atoms with van der Waals surface area (Å²) < 4.78 is 52.3. The molecule has 12 heteroatoms. The van der Waals surface area contributed by atoms with Gasteiger partial charge in [-0.1, -0.05) is 30.3 Å².